The number of hydrogen-bond donors (Lipinski definition) is 2. The van der Waals surface area contributed by atoms with Crippen LogP contribution in [0.1, 0.15) is 20.7 Å². The van der Waals surface area contributed by atoms with Crippen LogP contribution in [-0.2, 0) is 10.1 Å². The van der Waals surface area contributed by atoms with Gasteiger partial charge in [0.25, 0.3) is 0 Å². The van der Waals surface area contributed by atoms with E-state index < -0.39 is 22.1 Å². The van der Waals surface area contributed by atoms with Gasteiger partial charge in [0, 0.05) is 6.07 Å². The maximum absolute atomic E-state index is 12.3. The third-order valence-electron chi connectivity index (χ3n) is 3.00. The van der Waals surface area contributed by atoms with Gasteiger partial charge in [-0.15, -0.1) is 0 Å². The molecule has 0 saturated carbocycles. The lowest BCUT2D eigenvalue weighted by atomic mass is 10.2. The summed E-state index contributed by atoms with van der Waals surface area (Å²) >= 11 is 0. The van der Waals surface area contributed by atoms with Crippen LogP contribution in [0.5, 0.6) is 11.5 Å². The Bertz CT molecular complexity index is 884. The molecule has 0 spiro atoms. The number of methoxy groups -OCH3 is 1. The van der Waals surface area contributed by atoms with Crippen LogP contribution in [0, 0.1) is 0 Å². The van der Waals surface area contributed by atoms with E-state index in [0.29, 0.717) is 0 Å². The fourth-order valence-electron chi connectivity index (χ4n) is 1.81. The summed E-state index contributed by atoms with van der Waals surface area (Å²) < 4.78 is 34.4. The molecular formula is C15H12O8S. The summed E-state index contributed by atoms with van der Waals surface area (Å²) in [4.78, 5) is 21.5. The lowest BCUT2D eigenvalue weighted by Gasteiger charge is -2.11. The average Bonchev–Trinajstić information content (AvgIpc) is 2.54. The monoisotopic (exact) mass is 352 g/mol. The molecule has 0 bridgehead atoms. The first-order valence-electron chi connectivity index (χ1n) is 6.44. The van der Waals surface area contributed by atoms with Gasteiger partial charge in [-0.05, 0) is 36.4 Å². The first kappa shape index (κ1) is 17.3. The van der Waals surface area contributed by atoms with Crippen molar-refractivity contribution in [3.8, 4) is 11.5 Å². The van der Waals surface area contributed by atoms with E-state index >= 15 is 0 Å². The van der Waals surface area contributed by atoms with Crippen LogP contribution < -0.4 is 8.92 Å². The van der Waals surface area contributed by atoms with Gasteiger partial charge in [-0.1, -0.05) is 0 Å². The lowest BCUT2D eigenvalue weighted by molar-refractivity contribution is 0.0686. The predicted octanol–water partition coefficient (Wildman–Crippen LogP) is 1.86. The first-order chi connectivity index (χ1) is 11.2. The van der Waals surface area contributed by atoms with Crippen molar-refractivity contribution in [2.45, 2.75) is 4.90 Å². The van der Waals surface area contributed by atoms with Gasteiger partial charge < -0.3 is 19.1 Å². The Hall–Kier alpha value is -3.07. The van der Waals surface area contributed by atoms with Crippen molar-refractivity contribution >= 4 is 22.1 Å². The molecule has 2 N–H and O–H groups in total. The molecule has 0 radical (unpaired) electrons. The van der Waals surface area contributed by atoms with Crippen LogP contribution in [0.2, 0.25) is 0 Å². The third-order valence-corrected chi connectivity index (χ3v) is 4.25. The molecule has 0 amide bonds. The highest BCUT2D eigenvalue weighted by Crippen LogP contribution is 2.31. The Morgan fingerprint density at radius 3 is 1.92 bits per heavy atom. The van der Waals surface area contributed by atoms with E-state index in [0.717, 1.165) is 30.3 Å². The number of benzene rings is 2. The van der Waals surface area contributed by atoms with Crippen LogP contribution in [-0.4, -0.2) is 37.7 Å². The number of carboxylic acids is 2. The Morgan fingerprint density at radius 2 is 1.42 bits per heavy atom. The van der Waals surface area contributed by atoms with E-state index in [4.69, 9.17) is 19.1 Å². The van der Waals surface area contributed by atoms with Gasteiger partial charge in [-0.3, -0.25) is 0 Å². The van der Waals surface area contributed by atoms with Crippen LogP contribution in [0.15, 0.2) is 47.4 Å². The molecule has 8 nitrogen and oxygen atoms in total. The fourth-order valence-corrected chi connectivity index (χ4v) is 2.74. The fraction of sp³-hybridized carbons (Fsp3) is 0.0667. The van der Waals surface area contributed by atoms with Crippen molar-refractivity contribution in [3.05, 3.63) is 53.6 Å². The highest BCUT2D eigenvalue weighted by Gasteiger charge is 2.21. The molecule has 0 fully saturated rings. The Balaban J connectivity index is 2.39. The molecule has 0 aromatic heterocycles. The number of carbonyl (C=O) groups is 2. The quantitative estimate of drug-likeness (QED) is 0.754. The molecule has 0 unspecified atom stereocenters. The number of hydrogen-bond acceptors (Lipinski definition) is 6. The van der Waals surface area contributed by atoms with Gasteiger partial charge >= 0.3 is 22.1 Å². The molecule has 126 valence electrons. The number of carboxylic acid groups (broad SMARTS) is 2. The Morgan fingerprint density at radius 1 is 0.875 bits per heavy atom. The second-order valence-corrected chi connectivity index (χ2v) is 6.08. The topological polar surface area (TPSA) is 127 Å². The second-order valence-electron chi connectivity index (χ2n) is 4.54. The predicted molar refractivity (Wildman–Crippen MR) is 81.2 cm³/mol. The minimum atomic E-state index is -4.30. The summed E-state index contributed by atoms with van der Waals surface area (Å²) in [6.45, 7) is 0. The number of ether oxygens (including phenoxy) is 1. The van der Waals surface area contributed by atoms with E-state index in [1.165, 1.54) is 19.2 Å². The van der Waals surface area contributed by atoms with Crippen LogP contribution in [0.4, 0.5) is 0 Å². The summed E-state index contributed by atoms with van der Waals surface area (Å²) in [5, 5.41) is 17.8. The van der Waals surface area contributed by atoms with Crippen LogP contribution in [0.25, 0.3) is 0 Å². The van der Waals surface area contributed by atoms with E-state index in [9.17, 15) is 18.0 Å². The molecule has 0 aliphatic rings. The van der Waals surface area contributed by atoms with Crippen LogP contribution in [0.3, 0.4) is 0 Å². The van der Waals surface area contributed by atoms with E-state index in [1.807, 2.05) is 0 Å². The van der Waals surface area contributed by atoms with Crippen molar-refractivity contribution in [2.24, 2.45) is 0 Å². The van der Waals surface area contributed by atoms with Crippen molar-refractivity contribution in [2.75, 3.05) is 7.11 Å². The van der Waals surface area contributed by atoms with E-state index in [1.54, 1.807) is 0 Å². The summed E-state index contributed by atoms with van der Waals surface area (Å²) in [7, 11) is -3.02. The number of aromatic carboxylic acids is 2. The van der Waals surface area contributed by atoms with Gasteiger partial charge in [0.05, 0.1) is 18.2 Å². The molecule has 0 heterocycles. The standard InChI is InChI=1S/C15H12O8S/c1-22-12-7-4-10(15(18)19)8-13(12)23-24(20,21)11-5-2-9(3-6-11)14(16)17/h2-8H,1H3,(H,16,17)(H,18,19). The van der Waals surface area contributed by atoms with Gasteiger partial charge in [0.15, 0.2) is 11.5 Å². The minimum absolute atomic E-state index is 0.0331. The van der Waals surface area contributed by atoms with Crippen molar-refractivity contribution in [1.29, 1.82) is 0 Å². The third kappa shape index (κ3) is 3.63. The first-order valence-corrected chi connectivity index (χ1v) is 7.84. The van der Waals surface area contributed by atoms with Gasteiger partial charge in [-0.25, -0.2) is 9.59 Å². The second kappa shape index (κ2) is 6.59. The van der Waals surface area contributed by atoms with E-state index in [-0.39, 0.29) is 27.5 Å². The van der Waals surface area contributed by atoms with E-state index in [2.05, 4.69) is 0 Å². The minimum Gasteiger partial charge on any atom is -0.493 e. The summed E-state index contributed by atoms with van der Waals surface area (Å²) in [5.41, 5.74) is -0.262. The molecule has 2 aromatic rings. The molecule has 0 aliphatic heterocycles. The molecule has 0 saturated heterocycles. The van der Waals surface area contributed by atoms with Crippen molar-refractivity contribution in [1.82, 2.24) is 0 Å². The zero-order valence-corrected chi connectivity index (χ0v) is 13.1. The lowest BCUT2D eigenvalue weighted by Crippen LogP contribution is -2.11. The molecule has 9 heteroatoms. The molecule has 2 rings (SSSR count). The zero-order valence-electron chi connectivity index (χ0n) is 12.3. The highest BCUT2D eigenvalue weighted by atomic mass is 32.2. The Labute approximate surface area is 137 Å². The maximum atomic E-state index is 12.3. The van der Waals surface area contributed by atoms with Gasteiger partial charge in [0.1, 0.15) is 4.90 Å². The molecule has 0 atom stereocenters. The summed E-state index contributed by atoms with van der Waals surface area (Å²) in [6, 6.07) is 7.90. The Kier molecular flexibility index (Phi) is 4.74. The van der Waals surface area contributed by atoms with Gasteiger partial charge in [0.2, 0.25) is 0 Å². The normalized spacial score (nSPS) is 10.9. The molecular weight excluding hydrogens is 340 g/mol. The maximum Gasteiger partial charge on any atom is 0.339 e. The molecule has 24 heavy (non-hydrogen) atoms. The number of rotatable bonds is 6. The largest absolute Gasteiger partial charge is 0.493 e. The van der Waals surface area contributed by atoms with Crippen molar-refractivity contribution in [3.63, 3.8) is 0 Å². The average molecular weight is 352 g/mol. The summed E-state index contributed by atoms with van der Waals surface area (Å²) in [5.74, 6) is -2.72. The van der Waals surface area contributed by atoms with Crippen molar-refractivity contribution < 1.29 is 37.1 Å². The SMILES string of the molecule is COc1ccc(C(=O)O)cc1OS(=O)(=O)c1ccc(C(=O)O)cc1. The smallest absolute Gasteiger partial charge is 0.339 e. The summed E-state index contributed by atoms with van der Waals surface area (Å²) in [6.07, 6.45) is 0. The zero-order chi connectivity index (χ0) is 17.9. The van der Waals surface area contributed by atoms with Gasteiger partial charge in [-0.2, -0.15) is 8.42 Å². The molecule has 2 aromatic carbocycles. The highest BCUT2D eigenvalue weighted by molar-refractivity contribution is 7.87. The van der Waals surface area contributed by atoms with Crippen LogP contribution >= 0.6 is 0 Å². The molecule has 0 aliphatic carbocycles.